The van der Waals surface area contributed by atoms with E-state index in [0.717, 1.165) is 4.90 Å². The third-order valence-electron chi connectivity index (χ3n) is 2.08. The molecule has 0 aliphatic heterocycles. The van der Waals surface area contributed by atoms with Gasteiger partial charge >= 0.3 is 51.4 Å². The van der Waals surface area contributed by atoms with Gasteiger partial charge in [0.15, 0.2) is 0 Å². The third-order valence-corrected chi connectivity index (χ3v) is 4.06. The van der Waals surface area contributed by atoms with Crippen LogP contribution in [0.1, 0.15) is 13.3 Å². The summed E-state index contributed by atoms with van der Waals surface area (Å²) in [5.41, 5.74) is 6.78. The minimum atomic E-state index is -3.91. The molecule has 6 nitrogen and oxygen atoms in total. The molecule has 20 heavy (non-hydrogen) atoms. The first-order chi connectivity index (χ1) is 8.78. The molecular formula is C11H15KN2O4S2. The van der Waals surface area contributed by atoms with Crippen LogP contribution in [0.5, 0.6) is 0 Å². The molecule has 0 atom stereocenters. The summed E-state index contributed by atoms with van der Waals surface area (Å²) < 4.78 is 29.7. The van der Waals surface area contributed by atoms with Crippen LogP contribution in [0.3, 0.4) is 0 Å². The van der Waals surface area contributed by atoms with Crippen molar-refractivity contribution in [1.82, 2.24) is 0 Å². The minimum absolute atomic E-state index is 0. The Balaban J connectivity index is 0.00000361. The summed E-state index contributed by atoms with van der Waals surface area (Å²) in [7, 11) is -3.91. The van der Waals surface area contributed by atoms with E-state index in [2.05, 4.69) is 4.99 Å². The van der Waals surface area contributed by atoms with E-state index in [4.69, 9.17) is 10.3 Å². The monoisotopic (exact) mass is 342 g/mol. The van der Waals surface area contributed by atoms with Gasteiger partial charge in [0.1, 0.15) is 0 Å². The van der Waals surface area contributed by atoms with Crippen molar-refractivity contribution in [2.75, 3.05) is 17.2 Å². The molecule has 0 radical (unpaired) electrons. The number of aliphatic imine (C=N–C) groups is 1. The van der Waals surface area contributed by atoms with E-state index >= 15 is 0 Å². The van der Waals surface area contributed by atoms with Gasteiger partial charge in [0, 0.05) is 10.6 Å². The van der Waals surface area contributed by atoms with Crippen LogP contribution in [0.4, 0.5) is 11.4 Å². The van der Waals surface area contributed by atoms with E-state index in [1.54, 1.807) is 18.2 Å². The molecule has 1 rings (SSSR count). The summed E-state index contributed by atoms with van der Waals surface area (Å²) >= 11 is 1.39. The van der Waals surface area contributed by atoms with E-state index < -0.39 is 10.1 Å². The summed E-state index contributed by atoms with van der Waals surface area (Å²) in [6.07, 6.45) is 0.336. The van der Waals surface area contributed by atoms with E-state index in [-0.39, 0.29) is 63.0 Å². The predicted octanol–water partition coefficient (Wildman–Crippen LogP) is -1.95. The molecule has 0 spiro atoms. The molecule has 0 saturated carbocycles. The number of rotatable bonds is 6. The Morgan fingerprint density at radius 2 is 2.15 bits per heavy atom. The van der Waals surface area contributed by atoms with Crippen molar-refractivity contribution in [3.63, 3.8) is 0 Å². The summed E-state index contributed by atoms with van der Waals surface area (Å²) in [6, 6.07) is 4.99. The maximum absolute atomic E-state index is 10.8. The SMILES string of the molecule is CC([O-])=Nc1ccc(SCCCS(=O)(=O)O)c(N)c1.[K+]. The Kier molecular flexibility index (Phi) is 9.59. The second kappa shape index (κ2) is 9.41. The third kappa shape index (κ3) is 8.62. The molecular weight excluding hydrogens is 327 g/mol. The quantitative estimate of drug-likeness (QED) is 0.118. The van der Waals surface area contributed by atoms with Crippen LogP contribution in [0.2, 0.25) is 0 Å². The zero-order valence-corrected chi connectivity index (χ0v) is 16.1. The fraction of sp³-hybridized carbons (Fsp3) is 0.364. The standard InChI is InChI=1S/C11H16N2O4S2.K/c1-8(14)13-9-3-4-11(10(12)7-9)18-5-2-6-19(15,16)17;/h3-4,7H,2,5-6,12H2,1H3,(H,13,14)(H,15,16,17);/q;+1/p-1. The Bertz CT molecular complexity index is 572. The summed E-state index contributed by atoms with van der Waals surface area (Å²) in [4.78, 5) is 4.54. The summed E-state index contributed by atoms with van der Waals surface area (Å²) in [6.45, 7) is 1.36. The molecule has 1 aromatic carbocycles. The van der Waals surface area contributed by atoms with Gasteiger partial charge in [-0.15, -0.1) is 11.8 Å². The van der Waals surface area contributed by atoms with Crippen molar-refractivity contribution < 1.29 is 69.5 Å². The van der Waals surface area contributed by atoms with Gasteiger partial charge in [-0.3, -0.25) is 9.55 Å². The van der Waals surface area contributed by atoms with E-state index in [1.807, 2.05) is 0 Å². The molecule has 0 bridgehead atoms. The second-order valence-corrected chi connectivity index (χ2v) is 6.55. The van der Waals surface area contributed by atoms with Gasteiger partial charge in [0.2, 0.25) is 0 Å². The van der Waals surface area contributed by atoms with Crippen LogP contribution in [0.25, 0.3) is 0 Å². The van der Waals surface area contributed by atoms with Crippen molar-refractivity contribution in [1.29, 1.82) is 0 Å². The number of nitrogens with two attached hydrogens (primary N) is 1. The van der Waals surface area contributed by atoms with Gasteiger partial charge in [0.25, 0.3) is 10.1 Å². The van der Waals surface area contributed by atoms with Gasteiger partial charge in [-0.1, -0.05) is 0 Å². The number of hydrogen-bond acceptors (Lipinski definition) is 6. The van der Waals surface area contributed by atoms with Crippen molar-refractivity contribution >= 4 is 39.2 Å². The van der Waals surface area contributed by atoms with Gasteiger partial charge < -0.3 is 10.8 Å². The first-order valence-corrected chi connectivity index (χ1v) is 8.07. The van der Waals surface area contributed by atoms with Crippen molar-refractivity contribution in [2.24, 2.45) is 4.99 Å². The topological polar surface area (TPSA) is 116 Å². The molecule has 0 fully saturated rings. The van der Waals surface area contributed by atoms with Crippen LogP contribution >= 0.6 is 11.8 Å². The summed E-state index contributed by atoms with van der Waals surface area (Å²) in [5, 5.41) is 10.8. The minimum Gasteiger partial charge on any atom is -0.862 e. The number of nitrogens with zero attached hydrogens (tertiary/aromatic N) is 1. The molecule has 0 amide bonds. The molecule has 0 heterocycles. The molecule has 0 unspecified atom stereocenters. The van der Waals surface area contributed by atoms with Crippen LogP contribution in [-0.4, -0.2) is 30.4 Å². The number of thioether (sulfide) groups is 1. The van der Waals surface area contributed by atoms with Crippen LogP contribution < -0.4 is 62.2 Å². The van der Waals surface area contributed by atoms with Crippen molar-refractivity contribution in [3.05, 3.63) is 18.2 Å². The molecule has 0 saturated heterocycles. The molecule has 3 N–H and O–H groups in total. The van der Waals surface area contributed by atoms with Gasteiger partial charge in [-0.25, -0.2) is 0 Å². The average molecular weight is 342 g/mol. The fourth-order valence-corrected chi connectivity index (χ4v) is 2.93. The maximum Gasteiger partial charge on any atom is 1.00 e. The average Bonchev–Trinajstić information content (AvgIpc) is 2.24. The van der Waals surface area contributed by atoms with E-state index in [9.17, 15) is 13.5 Å². The van der Waals surface area contributed by atoms with Crippen molar-refractivity contribution in [2.45, 2.75) is 18.2 Å². The Labute approximate surface area is 165 Å². The largest absolute Gasteiger partial charge is 1.00 e. The first kappa shape index (κ1) is 20.4. The maximum atomic E-state index is 10.8. The molecule has 0 aliphatic carbocycles. The smallest absolute Gasteiger partial charge is 0.862 e. The van der Waals surface area contributed by atoms with Crippen LogP contribution in [0, 0.1) is 0 Å². The predicted molar refractivity (Wildman–Crippen MR) is 75.4 cm³/mol. The number of benzene rings is 1. The zero-order valence-electron chi connectivity index (χ0n) is 11.4. The zero-order chi connectivity index (χ0) is 14.5. The fourth-order valence-electron chi connectivity index (χ4n) is 1.34. The van der Waals surface area contributed by atoms with Gasteiger partial charge in [-0.2, -0.15) is 8.42 Å². The van der Waals surface area contributed by atoms with Crippen LogP contribution in [0.15, 0.2) is 28.1 Å². The molecule has 106 valence electrons. The second-order valence-electron chi connectivity index (χ2n) is 3.84. The molecule has 0 aromatic heterocycles. The Morgan fingerprint density at radius 1 is 1.50 bits per heavy atom. The van der Waals surface area contributed by atoms with E-state index in [1.165, 1.54) is 18.7 Å². The molecule has 1 aromatic rings. The number of hydrogen-bond donors (Lipinski definition) is 2. The van der Waals surface area contributed by atoms with E-state index in [0.29, 0.717) is 23.5 Å². The number of anilines is 1. The Hall–Kier alpha value is 0.386. The first-order valence-electron chi connectivity index (χ1n) is 5.48. The Morgan fingerprint density at radius 3 is 2.65 bits per heavy atom. The summed E-state index contributed by atoms with van der Waals surface area (Å²) in [5.74, 6) is -0.0434. The normalized spacial score (nSPS) is 12.0. The van der Waals surface area contributed by atoms with Gasteiger partial charge in [-0.05, 0) is 43.2 Å². The molecule has 9 heteroatoms. The number of nitrogen functional groups attached to an aromatic ring is 1. The van der Waals surface area contributed by atoms with Crippen LogP contribution in [-0.2, 0) is 10.1 Å². The van der Waals surface area contributed by atoms with Crippen molar-refractivity contribution in [3.8, 4) is 0 Å². The van der Waals surface area contributed by atoms with Gasteiger partial charge in [0.05, 0.1) is 11.4 Å². The molecule has 0 aliphatic rings.